The standard InChI is InChI=1S/C41H41N2O/c1-26-12-18-33-34-19-17-31(25-42)37(29-15-13-28(14-16-29)30-10-9-11-32(23-30)41(5,6)7)39(34)44-38(33)36(26)35-22-27(20-21-43(35)8)24-40(2,3)4/h9-23H,24H2,1-8H3/q+1. The van der Waals surface area contributed by atoms with Crippen molar-refractivity contribution in [1.82, 2.24) is 0 Å². The quantitative estimate of drug-likeness (QED) is 0.196. The third kappa shape index (κ3) is 5.42. The fourth-order valence-electron chi connectivity index (χ4n) is 6.28. The van der Waals surface area contributed by atoms with Gasteiger partial charge >= 0.3 is 0 Å². The monoisotopic (exact) mass is 577 g/mol. The van der Waals surface area contributed by atoms with Gasteiger partial charge in [0.2, 0.25) is 5.69 Å². The van der Waals surface area contributed by atoms with Crippen LogP contribution in [-0.4, -0.2) is 0 Å². The summed E-state index contributed by atoms with van der Waals surface area (Å²) in [7, 11) is 2.09. The molecular formula is C41H41N2O+. The first-order valence-electron chi connectivity index (χ1n) is 15.4. The molecule has 3 heteroatoms. The van der Waals surface area contributed by atoms with Gasteiger partial charge in [-0.25, -0.2) is 4.57 Å². The molecule has 3 nitrogen and oxygen atoms in total. The summed E-state index contributed by atoms with van der Waals surface area (Å²) in [5.41, 5.74) is 12.6. The minimum Gasteiger partial charge on any atom is -0.454 e. The molecule has 0 N–H and O–H groups in total. The van der Waals surface area contributed by atoms with E-state index in [9.17, 15) is 5.26 Å². The van der Waals surface area contributed by atoms with Crippen molar-refractivity contribution in [3.63, 3.8) is 0 Å². The first-order valence-corrected chi connectivity index (χ1v) is 15.4. The van der Waals surface area contributed by atoms with E-state index in [1.54, 1.807) is 0 Å². The topological polar surface area (TPSA) is 40.8 Å². The van der Waals surface area contributed by atoms with E-state index < -0.39 is 0 Å². The Morgan fingerprint density at radius 3 is 2.05 bits per heavy atom. The molecule has 0 spiro atoms. The van der Waals surface area contributed by atoms with Gasteiger partial charge in [0, 0.05) is 28.5 Å². The molecule has 0 aliphatic carbocycles. The number of pyridine rings is 1. The maximum atomic E-state index is 10.2. The molecule has 0 radical (unpaired) electrons. The number of furan rings is 1. The van der Waals surface area contributed by atoms with Crippen LogP contribution in [0.15, 0.2) is 95.5 Å². The molecular weight excluding hydrogens is 536 g/mol. The number of rotatable bonds is 4. The van der Waals surface area contributed by atoms with E-state index in [2.05, 4.69) is 145 Å². The lowest BCUT2D eigenvalue weighted by molar-refractivity contribution is -0.660. The van der Waals surface area contributed by atoms with Gasteiger partial charge in [-0.05, 0) is 69.7 Å². The summed E-state index contributed by atoms with van der Waals surface area (Å²) in [6.45, 7) is 15.7. The van der Waals surface area contributed by atoms with Gasteiger partial charge < -0.3 is 4.42 Å². The highest BCUT2D eigenvalue weighted by molar-refractivity contribution is 6.14. The van der Waals surface area contributed by atoms with E-state index in [-0.39, 0.29) is 10.8 Å². The molecule has 0 saturated heterocycles. The number of hydrogen-bond donors (Lipinski definition) is 0. The Hall–Kier alpha value is -4.68. The summed E-state index contributed by atoms with van der Waals surface area (Å²) >= 11 is 0. The average Bonchev–Trinajstić information content (AvgIpc) is 3.35. The van der Waals surface area contributed by atoms with Crippen molar-refractivity contribution in [3.8, 4) is 39.6 Å². The zero-order valence-corrected chi connectivity index (χ0v) is 27.2. The molecule has 0 unspecified atom stereocenters. The van der Waals surface area contributed by atoms with Gasteiger partial charge in [-0.3, -0.25) is 0 Å². The molecule has 0 saturated carbocycles. The van der Waals surface area contributed by atoms with Gasteiger partial charge in [-0.1, -0.05) is 102 Å². The lowest BCUT2D eigenvalue weighted by Crippen LogP contribution is -2.31. The molecule has 0 aliphatic heterocycles. The zero-order chi connectivity index (χ0) is 31.4. The number of nitriles is 1. The summed E-state index contributed by atoms with van der Waals surface area (Å²) in [6.07, 6.45) is 3.14. The Balaban J connectivity index is 1.52. The van der Waals surface area contributed by atoms with Crippen LogP contribution in [-0.2, 0) is 18.9 Å². The van der Waals surface area contributed by atoms with Crippen molar-refractivity contribution in [2.75, 3.05) is 0 Å². The number of aromatic nitrogens is 1. The van der Waals surface area contributed by atoms with Gasteiger partial charge in [-0.15, -0.1) is 0 Å². The molecule has 0 fully saturated rings. The van der Waals surface area contributed by atoms with Gasteiger partial charge in [-0.2, -0.15) is 5.26 Å². The third-order valence-electron chi connectivity index (χ3n) is 8.58. The summed E-state index contributed by atoms with van der Waals surface area (Å²) in [5.74, 6) is 0. The zero-order valence-electron chi connectivity index (χ0n) is 27.2. The Labute approximate surface area is 261 Å². The fraction of sp³-hybridized carbons (Fsp3) is 0.268. The van der Waals surface area contributed by atoms with Crippen LogP contribution in [0.3, 0.4) is 0 Å². The molecule has 0 amide bonds. The molecule has 6 aromatic rings. The third-order valence-corrected chi connectivity index (χ3v) is 8.58. The first-order chi connectivity index (χ1) is 20.8. The van der Waals surface area contributed by atoms with E-state index in [1.165, 1.54) is 16.7 Å². The largest absolute Gasteiger partial charge is 0.454 e. The van der Waals surface area contributed by atoms with Crippen LogP contribution < -0.4 is 4.57 Å². The maximum absolute atomic E-state index is 10.2. The second kappa shape index (κ2) is 10.8. The molecule has 0 aliphatic rings. The summed E-state index contributed by atoms with van der Waals surface area (Å²) in [5, 5.41) is 12.3. The van der Waals surface area contributed by atoms with Crippen LogP contribution in [0, 0.1) is 23.7 Å². The van der Waals surface area contributed by atoms with Crippen LogP contribution in [0.2, 0.25) is 0 Å². The van der Waals surface area contributed by atoms with Crippen LogP contribution in [0.5, 0.6) is 0 Å². The van der Waals surface area contributed by atoms with Crippen LogP contribution in [0.25, 0.3) is 55.4 Å². The molecule has 0 bridgehead atoms. The Kier molecular flexibility index (Phi) is 7.21. The van der Waals surface area contributed by atoms with E-state index in [4.69, 9.17) is 4.42 Å². The minimum absolute atomic E-state index is 0.0801. The van der Waals surface area contributed by atoms with E-state index >= 15 is 0 Å². The first kappa shape index (κ1) is 29.4. The van der Waals surface area contributed by atoms with Crippen molar-refractivity contribution in [1.29, 1.82) is 5.26 Å². The Morgan fingerprint density at radius 2 is 1.39 bits per heavy atom. The minimum atomic E-state index is 0.0801. The summed E-state index contributed by atoms with van der Waals surface area (Å²) in [4.78, 5) is 0. The maximum Gasteiger partial charge on any atom is 0.216 e. The van der Waals surface area contributed by atoms with Crippen LogP contribution >= 0.6 is 0 Å². The van der Waals surface area contributed by atoms with Crippen molar-refractivity contribution in [3.05, 3.63) is 113 Å². The van der Waals surface area contributed by atoms with Gasteiger partial charge in [0.1, 0.15) is 18.2 Å². The molecule has 220 valence electrons. The lowest BCUT2D eigenvalue weighted by Gasteiger charge is -2.20. The second-order valence-electron chi connectivity index (χ2n) is 14.4. The van der Waals surface area contributed by atoms with Gasteiger partial charge in [0.25, 0.3) is 0 Å². The fourth-order valence-corrected chi connectivity index (χ4v) is 6.28. The van der Waals surface area contributed by atoms with Crippen LogP contribution in [0.1, 0.15) is 63.8 Å². The molecule has 0 atom stereocenters. The average molecular weight is 578 g/mol. The van der Waals surface area contributed by atoms with Crippen molar-refractivity contribution >= 4 is 21.9 Å². The molecule has 2 aromatic heterocycles. The Bertz CT molecular complexity index is 2070. The highest BCUT2D eigenvalue weighted by Gasteiger charge is 2.24. The predicted molar refractivity (Wildman–Crippen MR) is 183 cm³/mol. The molecule has 4 aromatic carbocycles. The van der Waals surface area contributed by atoms with Crippen LogP contribution in [0.4, 0.5) is 0 Å². The van der Waals surface area contributed by atoms with Crippen molar-refractivity contribution < 1.29 is 8.98 Å². The number of hydrogen-bond acceptors (Lipinski definition) is 2. The Morgan fingerprint density at radius 1 is 0.727 bits per heavy atom. The SMILES string of the molecule is Cc1ccc2c(oc3c(-c4ccc(-c5cccc(C(C)(C)C)c5)cc4)c(C#N)ccc32)c1-c1cc(CC(C)(C)C)cc[n+]1C. The predicted octanol–water partition coefficient (Wildman–Crippen LogP) is 10.5. The smallest absolute Gasteiger partial charge is 0.216 e. The number of fused-ring (bicyclic) bond motifs is 3. The molecule has 44 heavy (non-hydrogen) atoms. The van der Waals surface area contributed by atoms with Crippen molar-refractivity contribution in [2.24, 2.45) is 12.5 Å². The van der Waals surface area contributed by atoms with Gasteiger partial charge in [0.15, 0.2) is 6.20 Å². The van der Waals surface area contributed by atoms with Gasteiger partial charge in [0.05, 0.1) is 17.2 Å². The summed E-state index contributed by atoms with van der Waals surface area (Å²) < 4.78 is 9.02. The normalized spacial score (nSPS) is 12.2. The molecule has 6 rings (SSSR count). The van der Waals surface area contributed by atoms with E-state index in [0.29, 0.717) is 5.56 Å². The highest BCUT2D eigenvalue weighted by Crippen LogP contribution is 2.42. The highest BCUT2D eigenvalue weighted by atomic mass is 16.3. The number of aryl methyl sites for hydroxylation is 2. The number of benzene rings is 4. The molecule has 2 heterocycles. The number of nitrogens with zero attached hydrogens (tertiary/aromatic N) is 2. The summed E-state index contributed by atoms with van der Waals surface area (Å²) in [6, 6.07) is 32.5. The lowest BCUT2D eigenvalue weighted by atomic mass is 9.85. The van der Waals surface area contributed by atoms with E-state index in [1.807, 2.05) is 12.1 Å². The second-order valence-corrected chi connectivity index (χ2v) is 14.4. The van der Waals surface area contributed by atoms with E-state index in [0.717, 1.165) is 61.9 Å². The van der Waals surface area contributed by atoms with Crippen molar-refractivity contribution in [2.45, 2.75) is 60.3 Å².